The van der Waals surface area contributed by atoms with Crippen LogP contribution in [0.15, 0.2) is 47.6 Å². The first-order valence-corrected chi connectivity index (χ1v) is 6.27. The molecule has 0 radical (unpaired) electrons. The highest BCUT2D eigenvalue weighted by molar-refractivity contribution is 5.49. The molecular formula is C16H25F. The van der Waals surface area contributed by atoms with Crippen LogP contribution >= 0.6 is 0 Å². The normalized spacial score (nSPS) is 14.6. The van der Waals surface area contributed by atoms with E-state index in [4.69, 9.17) is 0 Å². The number of rotatable bonds is 7. The van der Waals surface area contributed by atoms with Crippen LogP contribution in [-0.2, 0) is 0 Å². The van der Waals surface area contributed by atoms with Crippen molar-refractivity contribution in [3.63, 3.8) is 0 Å². The van der Waals surface area contributed by atoms with Crippen molar-refractivity contribution >= 4 is 0 Å². The summed E-state index contributed by atoms with van der Waals surface area (Å²) in [5.41, 5.74) is 4.36. The maximum atomic E-state index is 12.9. The Morgan fingerprint density at radius 2 is 1.94 bits per heavy atom. The van der Waals surface area contributed by atoms with Gasteiger partial charge in [-0.25, -0.2) is 4.39 Å². The summed E-state index contributed by atoms with van der Waals surface area (Å²) in [6, 6.07) is 0. The standard InChI is InChI=1S/C16H25F/c1-7-9-15(8-2)16(12(3)4)13(5)10-11-14(6)17/h7,9,14H,3,5,8,10-11H2,1-2,4,6H3/b9-7-,16-15-. The van der Waals surface area contributed by atoms with Crippen molar-refractivity contribution < 1.29 is 4.39 Å². The van der Waals surface area contributed by atoms with Gasteiger partial charge in [0.2, 0.25) is 0 Å². The van der Waals surface area contributed by atoms with Crippen molar-refractivity contribution in [1.82, 2.24) is 0 Å². The third-order valence-electron chi connectivity index (χ3n) is 2.69. The molecule has 0 heterocycles. The van der Waals surface area contributed by atoms with E-state index in [0.717, 1.165) is 23.1 Å². The lowest BCUT2D eigenvalue weighted by Crippen LogP contribution is -1.99. The molecule has 0 N–H and O–H groups in total. The summed E-state index contributed by atoms with van der Waals surface area (Å²) in [4.78, 5) is 0. The molecule has 0 nitrogen and oxygen atoms in total. The molecule has 1 heteroatoms. The molecule has 0 fully saturated rings. The molecule has 0 saturated carbocycles. The van der Waals surface area contributed by atoms with Gasteiger partial charge in [-0.1, -0.05) is 37.8 Å². The van der Waals surface area contributed by atoms with E-state index in [9.17, 15) is 4.39 Å². The van der Waals surface area contributed by atoms with Gasteiger partial charge in [0.1, 0.15) is 0 Å². The van der Waals surface area contributed by atoms with Crippen LogP contribution in [0.1, 0.15) is 47.0 Å². The summed E-state index contributed by atoms with van der Waals surface area (Å²) in [5, 5.41) is 0. The summed E-state index contributed by atoms with van der Waals surface area (Å²) in [5.74, 6) is 0. The van der Waals surface area contributed by atoms with Gasteiger partial charge >= 0.3 is 0 Å². The minimum absolute atomic E-state index is 0.530. The molecule has 0 aromatic heterocycles. The highest BCUT2D eigenvalue weighted by Crippen LogP contribution is 2.27. The summed E-state index contributed by atoms with van der Waals surface area (Å²) in [7, 11) is 0. The summed E-state index contributed by atoms with van der Waals surface area (Å²) in [6.45, 7) is 15.8. The van der Waals surface area contributed by atoms with Gasteiger partial charge in [0, 0.05) is 0 Å². The van der Waals surface area contributed by atoms with E-state index in [1.165, 1.54) is 5.57 Å². The first-order valence-electron chi connectivity index (χ1n) is 6.27. The highest BCUT2D eigenvalue weighted by Gasteiger charge is 2.10. The minimum atomic E-state index is -0.773. The Bertz CT molecular complexity index is 329. The minimum Gasteiger partial charge on any atom is -0.248 e. The fourth-order valence-electron chi connectivity index (χ4n) is 1.88. The molecule has 0 aliphatic rings. The molecule has 96 valence electrons. The van der Waals surface area contributed by atoms with E-state index in [2.05, 4.69) is 26.2 Å². The van der Waals surface area contributed by atoms with Crippen LogP contribution in [0.5, 0.6) is 0 Å². The van der Waals surface area contributed by atoms with Crippen LogP contribution < -0.4 is 0 Å². The van der Waals surface area contributed by atoms with E-state index >= 15 is 0 Å². The van der Waals surface area contributed by atoms with E-state index in [1.807, 2.05) is 19.9 Å². The Morgan fingerprint density at radius 1 is 1.35 bits per heavy atom. The predicted octanol–water partition coefficient (Wildman–Crippen LogP) is 5.54. The van der Waals surface area contributed by atoms with E-state index < -0.39 is 6.17 Å². The van der Waals surface area contributed by atoms with Crippen molar-refractivity contribution in [2.24, 2.45) is 0 Å². The first kappa shape index (κ1) is 15.9. The fourth-order valence-corrected chi connectivity index (χ4v) is 1.88. The summed E-state index contributed by atoms with van der Waals surface area (Å²) >= 11 is 0. The molecule has 0 aliphatic heterocycles. The van der Waals surface area contributed by atoms with Crippen molar-refractivity contribution in [1.29, 1.82) is 0 Å². The van der Waals surface area contributed by atoms with Gasteiger partial charge in [-0.3, -0.25) is 0 Å². The van der Waals surface area contributed by atoms with Gasteiger partial charge in [-0.2, -0.15) is 0 Å². The van der Waals surface area contributed by atoms with Crippen LogP contribution in [0.3, 0.4) is 0 Å². The topological polar surface area (TPSA) is 0 Å². The molecule has 0 spiro atoms. The van der Waals surface area contributed by atoms with Crippen LogP contribution in [0.2, 0.25) is 0 Å². The Hall–Kier alpha value is -1.11. The van der Waals surface area contributed by atoms with Crippen LogP contribution in [0.25, 0.3) is 0 Å². The van der Waals surface area contributed by atoms with Gasteiger partial charge in [0.25, 0.3) is 0 Å². The average molecular weight is 236 g/mol. The average Bonchev–Trinajstić information content (AvgIpc) is 2.25. The van der Waals surface area contributed by atoms with Crippen LogP contribution in [-0.4, -0.2) is 6.17 Å². The maximum absolute atomic E-state index is 12.9. The molecular weight excluding hydrogens is 211 g/mol. The highest BCUT2D eigenvalue weighted by atomic mass is 19.1. The molecule has 17 heavy (non-hydrogen) atoms. The Morgan fingerprint density at radius 3 is 2.29 bits per heavy atom. The summed E-state index contributed by atoms with van der Waals surface area (Å²) < 4.78 is 12.9. The van der Waals surface area contributed by atoms with Gasteiger partial charge in [-0.05, 0) is 56.8 Å². The number of alkyl halides is 1. The van der Waals surface area contributed by atoms with Crippen LogP contribution in [0.4, 0.5) is 4.39 Å². The molecule has 0 bridgehead atoms. The second-order valence-electron chi connectivity index (χ2n) is 4.46. The van der Waals surface area contributed by atoms with Crippen molar-refractivity contribution in [2.75, 3.05) is 0 Å². The smallest absolute Gasteiger partial charge is 0.0976 e. The lowest BCUT2D eigenvalue weighted by atomic mass is 9.91. The van der Waals surface area contributed by atoms with Gasteiger partial charge < -0.3 is 0 Å². The zero-order chi connectivity index (χ0) is 13.4. The molecule has 0 rings (SSSR count). The van der Waals surface area contributed by atoms with E-state index in [1.54, 1.807) is 6.92 Å². The first-order chi connectivity index (χ1) is 7.93. The van der Waals surface area contributed by atoms with Crippen molar-refractivity contribution in [3.8, 4) is 0 Å². The summed E-state index contributed by atoms with van der Waals surface area (Å²) in [6.07, 6.45) is 5.51. The van der Waals surface area contributed by atoms with Gasteiger partial charge in [0.05, 0.1) is 6.17 Å². The Labute approximate surface area is 106 Å². The molecule has 0 saturated heterocycles. The SMILES string of the molecule is C=C(C)/C(C(=C)CCC(C)F)=C(/C=C\C)CC. The molecule has 0 aliphatic carbocycles. The molecule has 0 aromatic rings. The number of halogens is 1. The van der Waals surface area contributed by atoms with E-state index in [-0.39, 0.29) is 0 Å². The zero-order valence-electron chi connectivity index (χ0n) is 11.6. The van der Waals surface area contributed by atoms with Crippen molar-refractivity contribution in [3.05, 3.63) is 47.6 Å². The number of hydrogen-bond acceptors (Lipinski definition) is 0. The fraction of sp³-hybridized carbons (Fsp3) is 0.500. The Kier molecular flexibility index (Phi) is 7.53. The third-order valence-corrected chi connectivity index (χ3v) is 2.69. The van der Waals surface area contributed by atoms with Crippen molar-refractivity contribution in [2.45, 2.75) is 53.1 Å². The number of hydrogen-bond donors (Lipinski definition) is 0. The van der Waals surface area contributed by atoms with Crippen LogP contribution in [0, 0.1) is 0 Å². The van der Waals surface area contributed by atoms with Gasteiger partial charge in [-0.15, -0.1) is 0 Å². The maximum Gasteiger partial charge on any atom is 0.0976 e. The Balaban J connectivity index is 5.08. The zero-order valence-corrected chi connectivity index (χ0v) is 11.6. The molecule has 0 amide bonds. The lowest BCUT2D eigenvalue weighted by molar-refractivity contribution is 0.342. The molecule has 0 aromatic carbocycles. The second-order valence-corrected chi connectivity index (χ2v) is 4.46. The number of allylic oxidation sites excluding steroid dienone is 6. The third kappa shape index (κ3) is 5.67. The van der Waals surface area contributed by atoms with E-state index in [0.29, 0.717) is 12.8 Å². The quantitative estimate of drug-likeness (QED) is 0.509. The second kappa shape index (κ2) is 8.05. The predicted molar refractivity (Wildman–Crippen MR) is 75.9 cm³/mol. The monoisotopic (exact) mass is 236 g/mol. The van der Waals surface area contributed by atoms with Gasteiger partial charge in [0.15, 0.2) is 0 Å². The lowest BCUT2D eigenvalue weighted by Gasteiger charge is -2.15. The molecule has 1 atom stereocenters. The molecule has 1 unspecified atom stereocenters. The largest absolute Gasteiger partial charge is 0.248 e.